The first-order valence-electron chi connectivity index (χ1n) is 9.22. The van der Waals surface area contributed by atoms with E-state index in [1.807, 2.05) is 54.7 Å². The third-order valence-corrected chi connectivity index (χ3v) is 4.70. The maximum atomic E-state index is 6.22. The van der Waals surface area contributed by atoms with Crippen molar-refractivity contribution in [1.82, 2.24) is 4.98 Å². The van der Waals surface area contributed by atoms with E-state index in [2.05, 4.69) is 24.0 Å². The summed E-state index contributed by atoms with van der Waals surface area (Å²) < 4.78 is 5.89. The quantitative estimate of drug-likeness (QED) is 0.400. The van der Waals surface area contributed by atoms with Crippen molar-refractivity contribution in [3.63, 3.8) is 0 Å². The van der Waals surface area contributed by atoms with Crippen molar-refractivity contribution in [2.75, 3.05) is 6.61 Å². The summed E-state index contributed by atoms with van der Waals surface area (Å²) in [6.45, 7) is 2.99. The zero-order valence-electron chi connectivity index (χ0n) is 15.1. The fourth-order valence-electron chi connectivity index (χ4n) is 2.90. The Morgan fingerprint density at radius 3 is 2.73 bits per heavy atom. The topological polar surface area (TPSA) is 22.1 Å². The van der Waals surface area contributed by atoms with Crippen molar-refractivity contribution >= 4 is 34.5 Å². The Morgan fingerprint density at radius 1 is 1.00 bits per heavy atom. The van der Waals surface area contributed by atoms with Crippen LogP contribution in [-0.4, -0.2) is 11.6 Å². The molecule has 0 saturated heterocycles. The maximum Gasteiger partial charge on any atom is 0.119 e. The van der Waals surface area contributed by atoms with Crippen molar-refractivity contribution < 1.29 is 4.74 Å². The minimum Gasteiger partial charge on any atom is -0.494 e. The van der Waals surface area contributed by atoms with E-state index in [1.54, 1.807) is 0 Å². The number of ether oxygens (including phenoxy) is 1. The van der Waals surface area contributed by atoms with Crippen LogP contribution in [0.3, 0.4) is 0 Å². The molecule has 0 fully saturated rings. The second-order valence-electron chi connectivity index (χ2n) is 6.34. The van der Waals surface area contributed by atoms with Crippen LogP contribution < -0.4 is 4.74 Å². The first kappa shape index (κ1) is 18.5. The van der Waals surface area contributed by atoms with E-state index in [4.69, 9.17) is 16.3 Å². The van der Waals surface area contributed by atoms with Crippen molar-refractivity contribution in [2.24, 2.45) is 0 Å². The molecular formula is C23H24ClNO. The van der Waals surface area contributed by atoms with Gasteiger partial charge in [0.15, 0.2) is 0 Å². The van der Waals surface area contributed by atoms with Crippen LogP contribution in [0.5, 0.6) is 5.75 Å². The third-order valence-electron chi connectivity index (χ3n) is 4.36. The number of nitrogens with zero attached hydrogens (tertiary/aromatic N) is 1. The Balaban J connectivity index is 1.75. The number of rotatable bonds is 8. The highest BCUT2D eigenvalue weighted by Crippen LogP contribution is 2.25. The molecule has 2 aromatic carbocycles. The monoisotopic (exact) mass is 365 g/mol. The van der Waals surface area contributed by atoms with Gasteiger partial charge in [-0.05, 0) is 53.8 Å². The average molecular weight is 366 g/mol. The van der Waals surface area contributed by atoms with Gasteiger partial charge in [0.25, 0.3) is 0 Å². The molecule has 0 unspecified atom stereocenters. The van der Waals surface area contributed by atoms with Gasteiger partial charge in [-0.3, -0.25) is 4.98 Å². The van der Waals surface area contributed by atoms with Gasteiger partial charge in [-0.25, -0.2) is 0 Å². The van der Waals surface area contributed by atoms with Gasteiger partial charge in [0, 0.05) is 16.6 Å². The lowest BCUT2D eigenvalue weighted by atomic mass is 10.1. The Bertz CT molecular complexity index is 888. The zero-order chi connectivity index (χ0) is 18.2. The molecule has 2 nitrogen and oxygen atoms in total. The number of benzene rings is 2. The zero-order valence-corrected chi connectivity index (χ0v) is 15.9. The summed E-state index contributed by atoms with van der Waals surface area (Å²) in [5.41, 5.74) is 1.91. The van der Waals surface area contributed by atoms with Crippen LogP contribution in [0.15, 0.2) is 54.7 Å². The fraction of sp³-hybridized carbons (Fsp3) is 0.261. The standard InChI is InChI=1S/C23H24ClNO/c1-2-3-4-7-16-26-20-11-12-21-19(17-20)14-15-25-23(21)13-10-18-8-5-6-9-22(18)24/h5-6,8-15,17H,2-4,7,16H2,1H3. The van der Waals surface area contributed by atoms with E-state index in [0.29, 0.717) is 0 Å². The number of fused-ring (bicyclic) bond motifs is 1. The average Bonchev–Trinajstić information content (AvgIpc) is 2.67. The van der Waals surface area contributed by atoms with Gasteiger partial charge in [-0.1, -0.05) is 62.1 Å². The SMILES string of the molecule is CCCCCCOc1ccc2c(C=Cc3ccccc3Cl)nccc2c1. The largest absolute Gasteiger partial charge is 0.494 e. The predicted octanol–water partition coefficient (Wildman–Crippen LogP) is 7.02. The van der Waals surface area contributed by atoms with E-state index in [9.17, 15) is 0 Å². The van der Waals surface area contributed by atoms with Crippen LogP contribution in [0.2, 0.25) is 5.02 Å². The van der Waals surface area contributed by atoms with Crippen LogP contribution in [-0.2, 0) is 0 Å². The third kappa shape index (κ3) is 4.86. The number of unbranched alkanes of at least 4 members (excludes halogenated alkanes) is 3. The van der Waals surface area contributed by atoms with Gasteiger partial charge in [0.1, 0.15) is 5.75 Å². The van der Waals surface area contributed by atoms with Crippen molar-refractivity contribution in [3.8, 4) is 5.75 Å². The summed E-state index contributed by atoms with van der Waals surface area (Å²) in [4.78, 5) is 4.51. The van der Waals surface area contributed by atoms with E-state index < -0.39 is 0 Å². The molecule has 134 valence electrons. The highest BCUT2D eigenvalue weighted by atomic mass is 35.5. The van der Waals surface area contributed by atoms with Crippen LogP contribution in [0.4, 0.5) is 0 Å². The lowest BCUT2D eigenvalue weighted by Gasteiger charge is -2.08. The molecule has 1 heterocycles. The van der Waals surface area contributed by atoms with E-state index >= 15 is 0 Å². The van der Waals surface area contributed by atoms with Crippen molar-refractivity contribution in [1.29, 1.82) is 0 Å². The normalized spacial score (nSPS) is 11.3. The summed E-state index contributed by atoms with van der Waals surface area (Å²) in [5, 5.41) is 2.97. The second kappa shape index (κ2) is 9.40. The lowest BCUT2D eigenvalue weighted by Crippen LogP contribution is -1.97. The molecule has 0 N–H and O–H groups in total. The molecule has 0 aliphatic heterocycles. The molecule has 0 bridgehead atoms. The first-order valence-corrected chi connectivity index (χ1v) is 9.60. The summed E-state index contributed by atoms with van der Waals surface area (Å²) in [5.74, 6) is 0.918. The molecule has 0 spiro atoms. The molecule has 3 aromatic rings. The van der Waals surface area contributed by atoms with Gasteiger partial charge in [0.2, 0.25) is 0 Å². The molecule has 0 aliphatic rings. The van der Waals surface area contributed by atoms with Gasteiger partial charge >= 0.3 is 0 Å². The molecule has 26 heavy (non-hydrogen) atoms. The fourth-order valence-corrected chi connectivity index (χ4v) is 3.10. The number of hydrogen-bond acceptors (Lipinski definition) is 2. The summed E-state index contributed by atoms with van der Waals surface area (Å²) in [7, 11) is 0. The van der Waals surface area contributed by atoms with Crippen LogP contribution in [0, 0.1) is 0 Å². The molecular weight excluding hydrogens is 342 g/mol. The summed E-state index contributed by atoms with van der Waals surface area (Å²) >= 11 is 6.22. The smallest absolute Gasteiger partial charge is 0.119 e. The molecule has 3 heteroatoms. The van der Waals surface area contributed by atoms with Gasteiger partial charge in [0.05, 0.1) is 12.3 Å². The molecule has 0 amide bonds. The molecule has 0 saturated carbocycles. The molecule has 0 aliphatic carbocycles. The Morgan fingerprint density at radius 2 is 1.88 bits per heavy atom. The number of aromatic nitrogens is 1. The molecule has 0 radical (unpaired) electrons. The van der Waals surface area contributed by atoms with Crippen LogP contribution in [0.1, 0.15) is 43.9 Å². The van der Waals surface area contributed by atoms with Gasteiger partial charge in [-0.2, -0.15) is 0 Å². The van der Waals surface area contributed by atoms with Crippen molar-refractivity contribution in [3.05, 3.63) is 71.0 Å². The highest BCUT2D eigenvalue weighted by molar-refractivity contribution is 6.32. The minimum atomic E-state index is 0.739. The Labute approximate surface area is 160 Å². The molecule has 3 rings (SSSR count). The molecule has 0 atom stereocenters. The number of pyridine rings is 1. The number of hydrogen-bond donors (Lipinski definition) is 0. The van der Waals surface area contributed by atoms with Crippen LogP contribution in [0.25, 0.3) is 22.9 Å². The number of halogens is 1. The van der Waals surface area contributed by atoms with E-state index in [0.717, 1.165) is 45.8 Å². The van der Waals surface area contributed by atoms with Crippen molar-refractivity contribution in [2.45, 2.75) is 32.6 Å². The highest BCUT2D eigenvalue weighted by Gasteiger charge is 2.03. The Kier molecular flexibility index (Phi) is 6.68. The molecule has 1 aromatic heterocycles. The predicted molar refractivity (Wildman–Crippen MR) is 112 cm³/mol. The summed E-state index contributed by atoms with van der Waals surface area (Å²) in [6, 6.07) is 16.0. The van der Waals surface area contributed by atoms with Gasteiger partial charge < -0.3 is 4.74 Å². The van der Waals surface area contributed by atoms with Crippen LogP contribution >= 0.6 is 11.6 Å². The Hall–Kier alpha value is -2.32. The van der Waals surface area contributed by atoms with E-state index in [1.165, 1.54) is 19.3 Å². The van der Waals surface area contributed by atoms with E-state index in [-0.39, 0.29) is 0 Å². The maximum absolute atomic E-state index is 6.22. The minimum absolute atomic E-state index is 0.739. The lowest BCUT2D eigenvalue weighted by molar-refractivity contribution is 0.305. The summed E-state index contributed by atoms with van der Waals surface area (Å²) in [6.07, 6.45) is 10.7. The van der Waals surface area contributed by atoms with Gasteiger partial charge in [-0.15, -0.1) is 0 Å². The first-order chi connectivity index (χ1) is 12.8. The second-order valence-corrected chi connectivity index (χ2v) is 6.75.